The van der Waals surface area contributed by atoms with Crippen molar-refractivity contribution in [3.8, 4) is 5.75 Å². The van der Waals surface area contributed by atoms with E-state index in [1.54, 1.807) is 19.2 Å². The van der Waals surface area contributed by atoms with E-state index in [4.69, 9.17) is 9.47 Å². The second kappa shape index (κ2) is 6.35. The van der Waals surface area contributed by atoms with Crippen molar-refractivity contribution in [3.05, 3.63) is 29.6 Å². The summed E-state index contributed by atoms with van der Waals surface area (Å²) in [5, 5.41) is 3.24. The van der Waals surface area contributed by atoms with Crippen molar-refractivity contribution in [1.82, 2.24) is 5.32 Å². The van der Waals surface area contributed by atoms with E-state index in [0.29, 0.717) is 17.2 Å². The molecule has 19 heavy (non-hydrogen) atoms. The van der Waals surface area contributed by atoms with Crippen LogP contribution in [0.5, 0.6) is 5.75 Å². The van der Waals surface area contributed by atoms with Crippen LogP contribution in [0.1, 0.15) is 31.4 Å². The Morgan fingerprint density at radius 2 is 2.32 bits per heavy atom. The van der Waals surface area contributed by atoms with Gasteiger partial charge >= 0.3 is 0 Å². The second-order valence-electron chi connectivity index (χ2n) is 4.92. The lowest BCUT2D eigenvalue weighted by Crippen LogP contribution is -2.31. The Kier molecular flexibility index (Phi) is 4.77. The largest absolute Gasteiger partial charge is 0.497 e. The van der Waals surface area contributed by atoms with Crippen molar-refractivity contribution in [2.24, 2.45) is 5.92 Å². The maximum absolute atomic E-state index is 14.2. The van der Waals surface area contributed by atoms with Crippen molar-refractivity contribution in [3.63, 3.8) is 0 Å². The molecule has 3 unspecified atom stereocenters. The van der Waals surface area contributed by atoms with Gasteiger partial charge in [-0.1, -0.05) is 13.0 Å². The van der Waals surface area contributed by atoms with Gasteiger partial charge in [-0.25, -0.2) is 4.39 Å². The maximum Gasteiger partial charge on any atom is 0.131 e. The summed E-state index contributed by atoms with van der Waals surface area (Å²) in [5.41, 5.74) is 0.692. The van der Waals surface area contributed by atoms with E-state index in [1.807, 2.05) is 7.05 Å². The van der Waals surface area contributed by atoms with Crippen LogP contribution in [0.15, 0.2) is 18.2 Å². The Hall–Kier alpha value is -1.13. The van der Waals surface area contributed by atoms with Crippen molar-refractivity contribution in [2.75, 3.05) is 20.8 Å². The van der Waals surface area contributed by atoms with Gasteiger partial charge in [0.25, 0.3) is 0 Å². The highest BCUT2D eigenvalue weighted by atomic mass is 19.1. The van der Waals surface area contributed by atoms with Gasteiger partial charge in [0.15, 0.2) is 0 Å². The molecule has 0 spiro atoms. The molecular weight excluding hydrogens is 245 g/mol. The molecule has 0 bridgehead atoms. The lowest BCUT2D eigenvalue weighted by molar-refractivity contribution is 0.0779. The zero-order chi connectivity index (χ0) is 13.8. The molecule has 1 N–H and O–H groups in total. The molecule has 1 aromatic rings. The quantitative estimate of drug-likeness (QED) is 0.889. The average Bonchev–Trinajstić information content (AvgIpc) is 2.89. The van der Waals surface area contributed by atoms with Crippen molar-refractivity contribution < 1.29 is 13.9 Å². The zero-order valence-corrected chi connectivity index (χ0v) is 11.8. The first kappa shape index (κ1) is 14.3. The van der Waals surface area contributed by atoms with Gasteiger partial charge in [0.2, 0.25) is 0 Å². The third kappa shape index (κ3) is 2.90. The zero-order valence-electron chi connectivity index (χ0n) is 11.8. The molecule has 0 amide bonds. The van der Waals surface area contributed by atoms with Gasteiger partial charge in [-0.3, -0.25) is 0 Å². The van der Waals surface area contributed by atoms with E-state index in [2.05, 4.69) is 12.2 Å². The van der Waals surface area contributed by atoms with Crippen molar-refractivity contribution in [2.45, 2.75) is 31.9 Å². The molecular formula is C15H22FNO2. The Bertz CT molecular complexity index is 425. The number of hydrogen-bond donors (Lipinski definition) is 1. The van der Waals surface area contributed by atoms with Gasteiger partial charge in [-0.15, -0.1) is 0 Å². The van der Waals surface area contributed by atoms with Crippen molar-refractivity contribution >= 4 is 0 Å². The standard InChI is InChI=1S/C15H22FNO2/c1-4-14-12(7-8-19-14)15(17-2)11-6-5-10(18-3)9-13(11)16/h5-6,9,12,14-15,17H,4,7-8H2,1-3H3. The summed E-state index contributed by atoms with van der Waals surface area (Å²) < 4.78 is 25.0. The molecule has 0 aromatic heterocycles. The Labute approximate surface area is 114 Å². The van der Waals surface area contributed by atoms with E-state index >= 15 is 0 Å². The molecule has 1 fully saturated rings. The first-order valence-corrected chi connectivity index (χ1v) is 6.83. The lowest BCUT2D eigenvalue weighted by atomic mass is 9.86. The van der Waals surface area contributed by atoms with Gasteiger partial charge in [0.05, 0.1) is 13.2 Å². The fraction of sp³-hybridized carbons (Fsp3) is 0.600. The Balaban J connectivity index is 2.26. The van der Waals surface area contributed by atoms with E-state index in [1.165, 1.54) is 6.07 Å². The highest BCUT2D eigenvalue weighted by Gasteiger charge is 2.34. The number of rotatable bonds is 5. The minimum atomic E-state index is -0.222. The van der Waals surface area contributed by atoms with Gasteiger partial charge in [0, 0.05) is 30.2 Å². The van der Waals surface area contributed by atoms with Crippen LogP contribution in [0.25, 0.3) is 0 Å². The summed E-state index contributed by atoms with van der Waals surface area (Å²) in [7, 11) is 3.42. The fourth-order valence-electron chi connectivity index (χ4n) is 2.95. The summed E-state index contributed by atoms with van der Waals surface area (Å²) in [6, 6.07) is 5.04. The highest BCUT2D eigenvalue weighted by molar-refractivity contribution is 5.31. The highest BCUT2D eigenvalue weighted by Crippen LogP contribution is 2.36. The third-order valence-corrected chi connectivity index (χ3v) is 3.94. The van der Waals surface area contributed by atoms with Crippen molar-refractivity contribution in [1.29, 1.82) is 0 Å². The Morgan fingerprint density at radius 3 is 2.89 bits per heavy atom. The summed E-state index contributed by atoms with van der Waals surface area (Å²) in [4.78, 5) is 0. The monoisotopic (exact) mass is 267 g/mol. The number of halogens is 1. The van der Waals surface area contributed by atoms with Gasteiger partial charge in [0.1, 0.15) is 11.6 Å². The molecule has 1 aromatic carbocycles. The average molecular weight is 267 g/mol. The number of methoxy groups -OCH3 is 1. The van der Waals surface area contributed by atoms with Crippen LogP contribution in [-0.2, 0) is 4.74 Å². The summed E-state index contributed by atoms with van der Waals surface area (Å²) in [5.74, 6) is 0.643. The molecule has 2 rings (SSSR count). The minimum absolute atomic E-state index is 0.0154. The van der Waals surface area contributed by atoms with E-state index < -0.39 is 0 Å². The fourth-order valence-corrected chi connectivity index (χ4v) is 2.95. The smallest absolute Gasteiger partial charge is 0.131 e. The van der Waals surface area contributed by atoms with Crippen LogP contribution < -0.4 is 10.1 Å². The molecule has 1 saturated heterocycles. The van der Waals surface area contributed by atoms with E-state index in [0.717, 1.165) is 19.4 Å². The molecule has 0 aliphatic carbocycles. The lowest BCUT2D eigenvalue weighted by Gasteiger charge is -2.27. The molecule has 3 atom stereocenters. The molecule has 0 radical (unpaired) electrons. The third-order valence-electron chi connectivity index (χ3n) is 3.94. The molecule has 1 aliphatic rings. The summed E-state index contributed by atoms with van der Waals surface area (Å²) in [6.45, 7) is 2.87. The van der Waals surface area contributed by atoms with Crippen LogP contribution >= 0.6 is 0 Å². The molecule has 4 heteroatoms. The van der Waals surface area contributed by atoms with Gasteiger partial charge in [-0.05, 0) is 26.0 Å². The first-order chi connectivity index (χ1) is 9.21. The molecule has 1 heterocycles. The SMILES string of the molecule is CCC1OCCC1C(NC)c1ccc(OC)cc1F. The predicted octanol–water partition coefficient (Wildman–Crippen LogP) is 2.91. The minimum Gasteiger partial charge on any atom is -0.497 e. The number of ether oxygens (including phenoxy) is 2. The van der Waals surface area contributed by atoms with Crippen LogP contribution in [0, 0.1) is 11.7 Å². The van der Waals surface area contributed by atoms with Gasteiger partial charge in [-0.2, -0.15) is 0 Å². The number of nitrogens with one attached hydrogen (secondary N) is 1. The molecule has 3 nitrogen and oxygen atoms in total. The predicted molar refractivity (Wildman–Crippen MR) is 72.9 cm³/mol. The normalized spacial score (nSPS) is 24.4. The Morgan fingerprint density at radius 1 is 1.53 bits per heavy atom. The van der Waals surface area contributed by atoms with Crippen LogP contribution in [0.2, 0.25) is 0 Å². The van der Waals surface area contributed by atoms with Crippen LogP contribution in [0.3, 0.4) is 0 Å². The van der Waals surface area contributed by atoms with Crippen LogP contribution in [0.4, 0.5) is 4.39 Å². The molecule has 106 valence electrons. The van der Waals surface area contributed by atoms with Crippen LogP contribution in [-0.4, -0.2) is 26.9 Å². The molecule has 0 saturated carbocycles. The van der Waals surface area contributed by atoms with E-state index in [9.17, 15) is 4.39 Å². The van der Waals surface area contributed by atoms with E-state index in [-0.39, 0.29) is 18.0 Å². The number of benzene rings is 1. The number of hydrogen-bond acceptors (Lipinski definition) is 3. The molecule has 1 aliphatic heterocycles. The maximum atomic E-state index is 14.2. The summed E-state index contributed by atoms with van der Waals surface area (Å²) >= 11 is 0. The first-order valence-electron chi connectivity index (χ1n) is 6.83. The second-order valence-corrected chi connectivity index (χ2v) is 4.92. The topological polar surface area (TPSA) is 30.5 Å². The van der Waals surface area contributed by atoms with Gasteiger partial charge < -0.3 is 14.8 Å². The summed E-state index contributed by atoms with van der Waals surface area (Å²) in [6.07, 6.45) is 2.13.